The minimum atomic E-state index is -0.759. The Balaban J connectivity index is 1.68. The first-order valence-electron chi connectivity index (χ1n) is 7.37. The molecule has 122 valence electrons. The molecule has 25 heavy (non-hydrogen) atoms. The van der Waals surface area contributed by atoms with Crippen LogP contribution in [-0.4, -0.2) is 17.7 Å². The van der Waals surface area contributed by atoms with Crippen LogP contribution in [0.2, 0.25) is 0 Å². The third kappa shape index (κ3) is 2.47. The predicted molar refractivity (Wildman–Crippen MR) is 88.7 cm³/mol. The summed E-state index contributed by atoms with van der Waals surface area (Å²) in [7, 11) is 0. The number of fused-ring (bicyclic) bond motifs is 2. The van der Waals surface area contributed by atoms with Crippen molar-refractivity contribution in [1.82, 2.24) is 5.32 Å². The van der Waals surface area contributed by atoms with E-state index in [1.165, 1.54) is 24.3 Å². The Labute approximate surface area is 140 Å². The normalized spacial score (nSPS) is 12.8. The first-order valence-corrected chi connectivity index (χ1v) is 7.37. The molecule has 0 saturated heterocycles. The van der Waals surface area contributed by atoms with Crippen LogP contribution in [0.3, 0.4) is 0 Å². The second kappa shape index (κ2) is 5.41. The van der Waals surface area contributed by atoms with Gasteiger partial charge in [0.2, 0.25) is 0 Å². The Morgan fingerprint density at radius 1 is 0.920 bits per heavy atom. The number of nitrogens with one attached hydrogen (secondary N) is 2. The number of hydrogen-bond donors (Lipinski definition) is 2. The molecule has 0 bridgehead atoms. The third-order valence-electron chi connectivity index (χ3n) is 3.88. The molecule has 3 amide bonds. The number of hydrogen-bond acceptors (Lipinski definition) is 5. The van der Waals surface area contributed by atoms with Gasteiger partial charge in [0.05, 0.1) is 11.1 Å². The number of imide groups is 1. The van der Waals surface area contributed by atoms with Crippen LogP contribution in [0, 0.1) is 0 Å². The maximum absolute atomic E-state index is 12.4. The van der Waals surface area contributed by atoms with Gasteiger partial charge in [-0.3, -0.25) is 19.7 Å². The van der Waals surface area contributed by atoms with Crippen molar-refractivity contribution in [3.05, 3.63) is 75.6 Å². The number of para-hydroxylation sites is 1. The van der Waals surface area contributed by atoms with Gasteiger partial charge in [0.1, 0.15) is 11.1 Å². The van der Waals surface area contributed by atoms with E-state index < -0.39 is 23.3 Å². The van der Waals surface area contributed by atoms with Crippen LogP contribution in [0.4, 0.5) is 5.69 Å². The van der Waals surface area contributed by atoms with Crippen molar-refractivity contribution in [2.45, 2.75) is 0 Å². The first-order chi connectivity index (χ1) is 12.0. The highest BCUT2D eigenvalue weighted by Crippen LogP contribution is 2.21. The molecule has 1 aromatic heterocycles. The van der Waals surface area contributed by atoms with Gasteiger partial charge in [-0.1, -0.05) is 18.2 Å². The van der Waals surface area contributed by atoms with E-state index in [1.807, 2.05) is 0 Å². The molecule has 4 rings (SSSR count). The molecular weight excluding hydrogens is 324 g/mol. The molecule has 0 aliphatic carbocycles. The van der Waals surface area contributed by atoms with Crippen molar-refractivity contribution < 1.29 is 18.8 Å². The lowest BCUT2D eigenvalue weighted by Crippen LogP contribution is -2.21. The molecule has 0 atom stereocenters. The number of anilines is 1. The lowest BCUT2D eigenvalue weighted by Gasteiger charge is -2.06. The molecule has 2 aromatic carbocycles. The van der Waals surface area contributed by atoms with Gasteiger partial charge in [-0.25, -0.2) is 4.79 Å². The summed E-state index contributed by atoms with van der Waals surface area (Å²) in [6.45, 7) is 0. The molecule has 0 spiro atoms. The van der Waals surface area contributed by atoms with Gasteiger partial charge in [-0.15, -0.1) is 0 Å². The quantitative estimate of drug-likeness (QED) is 0.550. The molecule has 0 unspecified atom stereocenters. The van der Waals surface area contributed by atoms with E-state index >= 15 is 0 Å². The average molecular weight is 334 g/mol. The van der Waals surface area contributed by atoms with Gasteiger partial charge in [-0.05, 0) is 30.3 Å². The first kappa shape index (κ1) is 14.8. The summed E-state index contributed by atoms with van der Waals surface area (Å²) in [5.74, 6) is -1.67. The predicted octanol–water partition coefficient (Wildman–Crippen LogP) is 1.93. The van der Waals surface area contributed by atoms with Crippen LogP contribution in [-0.2, 0) is 0 Å². The van der Waals surface area contributed by atoms with Crippen molar-refractivity contribution in [3.8, 4) is 0 Å². The molecule has 0 radical (unpaired) electrons. The molecule has 2 N–H and O–H groups in total. The Bertz CT molecular complexity index is 1130. The summed E-state index contributed by atoms with van der Waals surface area (Å²) in [4.78, 5) is 47.6. The second-order valence-corrected chi connectivity index (χ2v) is 5.48. The maximum Gasteiger partial charge on any atom is 0.349 e. The maximum atomic E-state index is 12.4. The van der Waals surface area contributed by atoms with Crippen LogP contribution in [0.25, 0.3) is 11.0 Å². The SMILES string of the molecule is O=C1NC(=O)c2cc(NC(=O)c3cc4ccccc4oc3=O)ccc21. The van der Waals surface area contributed by atoms with Gasteiger partial charge in [0, 0.05) is 11.1 Å². The lowest BCUT2D eigenvalue weighted by molar-refractivity contribution is 0.0878. The topological polar surface area (TPSA) is 105 Å². The lowest BCUT2D eigenvalue weighted by atomic mass is 10.1. The average Bonchev–Trinajstić information content (AvgIpc) is 2.88. The molecule has 0 fully saturated rings. The van der Waals surface area contributed by atoms with Crippen LogP contribution in [0.5, 0.6) is 0 Å². The summed E-state index contributed by atoms with van der Waals surface area (Å²) in [5, 5.41) is 5.32. The monoisotopic (exact) mass is 334 g/mol. The minimum absolute atomic E-state index is 0.153. The second-order valence-electron chi connectivity index (χ2n) is 5.48. The van der Waals surface area contributed by atoms with Crippen molar-refractivity contribution in [2.75, 3.05) is 5.32 Å². The van der Waals surface area contributed by atoms with Crippen LogP contribution in [0.15, 0.2) is 57.7 Å². The smallest absolute Gasteiger partial charge is 0.349 e. The molecule has 7 heteroatoms. The summed E-state index contributed by atoms with van der Waals surface area (Å²) in [5.41, 5.74) is 0.185. The molecule has 2 heterocycles. The molecular formula is C18H10N2O5. The van der Waals surface area contributed by atoms with Crippen LogP contribution < -0.4 is 16.3 Å². The Hall–Kier alpha value is -3.74. The summed E-state index contributed by atoms with van der Waals surface area (Å²) >= 11 is 0. The van der Waals surface area contributed by atoms with Crippen molar-refractivity contribution in [1.29, 1.82) is 0 Å². The van der Waals surface area contributed by atoms with Crippen molar-refractivity contribution in [2.24, 2.45) is 0 Å². The zero-order valence-corrected chi connectivity index (χ0v) is 12.7. The number of carbonyl (C=O) groups excluding carboxylic acids is 3. The minimum Gasteiger partial charge on any atom is -0.422 e. The van der Waals surface area contributed by atoms with Gasteiger partial charge in [-0.2, -0.15) is 0 Å². The number of benzene rings is 2. The Kier molecular flexibility index (Phi) is 3.21. The summed E-state index contributed by atoms with van der Waals surface area (Å²) in [6, 6.07) is 12.6. The Morgan fingerprint density at radius 2 is 1.68 bits per heavy atom. The molecule has 7 nitrogen and oxygen atoms in total. The highest BCUT2D eigenvalue weighted by Gasteiger charge is 2.27. The highest BCUT2D eigenvalue weighted by molar-refractivity contribution is 6.22. The van der Waals surface area contributed by atoms with E-state index in [1.54, 1.807) is 24.3 Å². The number of amides is 3. The van der Waals surface area contributed by atoms with Gasteiger partial charge in [0.25, 0.3) is 17.7 Å². The molecule has 0 saturated carbocycles. The number of rotatable bonds is 2. The summed E-state index contributed by atoms with van der Waals surface area (Å²) in [6.07, 6.45) is 0. The van der Waals surface area contributed by atoms with E-state index in [2.05, 4.69) is 10.6 Å². The van der Waals surface area contributed by atoms with E-state index in [0.717, 1.165) is 0 Å². The fourth-order valence-electron chi connectivity index (χ4n) is 2.66. The standard InChI is InChI=1S/C18H10N2O5/c21-15-11-6-5-10(8-12(11)16(22)20-15)19-17(23)13-7-9-3-1-2-4-14(9)25-18(13)24/h1-8H,(H,19,23)(H,20,21,22). The van der Waals surface area contributed by atoms with Crippen LogP contribution in [0.1, 0.15) is 31.1 Å². The molecule has 1 aliphatic heterocycles. The zero-order valence-electron chi connectivity index (χ0n) is 12.7. The van der Waals surface area contributed by atoms with E-state index in [-0.39, 0.29) is 16.7 Å². The molecule has 1 aliphatic rings. The van der Waals surface area contributed by atoms with Gasteiger partial charge in [0.15, 0.2) is 0 Å². The van der Waals surface area contributed by atoms with Crippen molar-refractivity contribution in [3.63, 3.8) is 0 Å². The van der Waals surface area contributed by atoms with Gasteiger partial charge < -0.3 is 9.73 Å². The van der Waals surface area contributed by atoms with E-state index in [9.17, 15) is 19.2 Å². The number of carbonyl (C=O) groups is 3. The highest BCUT2D eigenvalue weighted by atomic mass is 16.4. The van der Waals surface area contributed by atoms with Gasteiger partial charge >= 0.3 is 5.63 Å². The van der Waals surface area contributed by atoms with E-state index in [0.29, 0.717) is 16.7 Å². The fraction of sp³-hybridized carbons (Fsp3) is 0. The largest absolute Gasteiger partial charge is 0.422 e. The van der Waals surface area contributed by atoms with Crippen LogP contribution >= 0.6 is 0 Å². The molecule has 3 aromatic rings. The summed E-state index contributed by atoms with van der Waals surface area (Å²) < 4.78 is 5.13. The van der Waals surface area contributed by atoms with Crippen molar-refractivity contribution >= 4 is 34.4 Å². The Morgan fingerprint density at radius 3 is 2.52 bits per heavy atom. The van der Waals surface area contributed by atoms with E-state index in [4.69, 9.17) is 4.42 Å². The zero-order chi connectivity index (χ0) is 17.6. The fourth-order valence-corrected chi connectivity index (χ4v) is 2.66. The third-order valence-corrected chi connectivity index (χ3v) is 3.88.